The molecule has 1 amide bonds. The van der Waals surface area contributed by atoms with E-state index < -0.39 is 17.5 Å². The molecule has 0 radical (unpaired) electrons. The van der Waals surface area contributed by atoms with Gasteiger partial charge >= 0.3 is 5.97 Å². The number of halogens is 2. The van der Waals surface area contributed by atoms with Gasteiger partial charge in [0.2, 0.25) is 0 Å². The normalized spacial score (nSPS) is 10.8. The molecule has 0 aliphatic rings. The summed E-state index contributed by atoms with van der Waals surface area (Å²) in [5.74, 6) is -1.80. The van der Waals surface area contributed by atoms with Crippen molar-refractivity contribution in [3.05, 3.63) is 81.5 Å². The fraction of sp³-hybridized carbons (Fsp3) is 0.217. The van der Waals surface area contributed by atoms with Gasteiger partial charge in [0.1, 0.15) is 16.5 Å². The Hall–Kier alpha value is -3.06. The number of nitrogens with one attached hydrogen (secondary N) is 1. The van der Waals surface area contributed by atoms with Gasteiger partial charge in [-0.25, -0.2) is 13.6 Å². The number of thiophene rings is 1. The molecule has 0 saturated carbocycles. The summed E-state index contributed by atoms with van der Waals surface area (Å²) >= 11 is 1.31. The number of benzene rings is 2. The van der Waals surface area contributed by atoms with Crippen molar-refractivity contribution in [2.45, 2.75) is 26.4 Å². The van der Waals surface area contributed by atoms with Crippen LogP contribution in [-0.2, 0) is 11.2 Å². The highest BCUT2D eigenvalue weighted by atomic mass is 32.1. The maximum Gasteiger partial charge on any atom is 0.348 e. The molecule has 0 aliphatic carbocycles. The van der Waals surface area contributed by atoms with Gasteiger partial charge in [0.15, 0.2) is 0 Å². The Labute approximate surface area is 177 Å². The summed E-state index contributed by atoms with van der Waals surface area (Å²) in [6, 6.07) is 13.2. The number of carbonyl (C=O) groups excluding carboxylic acids is 2. The molecule has 1 heterocycles. The van der Waals surface area contributed by atoms with Crippen LogP contribution in [-0.4, -0.2) is 24.5 Å². The van der Waals surface area contributed by atoms with Gasteiger partial charge < -0.3 is 10.1 Å². The van der Waals surface area contributed by atoms with Gasteiger partial charge in [0.05, 0.1) is 6.10 Å². The monoisotopic (exact) mass is 429 g/mol. The summed E-state index contributed by atoms with van der Waals surface area (Å²) in [5.41, 5.74) is 1.07. The quantitative estimate of drug-likeness (QED) is 0.523. The molecule has 30 heavy (non-hydrogen) atoms. The Morgan fingerprint density at radius 1 is 1.00 bits per heavy atom. The van der Waals surface area contributed by atoms with Gasteiger partial charge in [0.25, 0.3) is 5.91 Å². The van der Waals surface area contributed by atoms with Crippen molar-refractivity contribution in [2.24, 2.45) is 0 Å². The molecule has 1 aromatic heterocycles. The highest BCUT2D eigenvalue weighted by Gasteiger charge is 2.13. The zero-order valence-electron chi connectivity index (χ0n) is 16.6. The second-order valence-electron chi connectivity index (χ2n) is 6.96. The molecule has 0 atom stereocenters. The fourth-order valence-corrected chi connectivity index (χ4v) is 3.74. The Balaban J connectivity index is 1.62. The highest BCUT2D eigenvalue weighted by molar-refractivity contribution is 7.13. The molecule has 1 N–H and O–H groups in total. The second-order valence-corrected chi connectivity index (χ2v) is 8.13. The summed E-state index contributed by atoms with van der Waals surface area (Å²) in [7, 11) is 0. The fourth-order valence-electron chi connectivity index (χ4n) is 2.85. The topological polar surface area (TPSA) is 55.4 Å². The molecule has 3 rings (SSSR count). The molecule has 0 bridgehead atoms. The van der Waals surface area contributed by atoms with Gasteiger partial charge in [0, 0.05) is 17.0 Å². The summed E-state index contributed by atoms with van der Waals surface area (Å²) in [4.78, 5) is 25.8. The smallest absolute Gasteiger partial charge is 0.348 e. The first-order chi connectivity index (χ1) is 14.3. The molecule has 0 aliphatic heterocycles. The first-order valence-corrected chi connectivity index (χ1v) is 10.3. The van der Waals surface area contributed by atoms with Gasteiger partial charge in [-0.2, -0.15) is 0 Å². The molecule has 156 valence electrons. The molecule has 0 saturated heterocycles. The van der Waals surface area contributed by atoms with Gasteiger partial charge in [-0.05, 0) is 73.9 Å². The van der Waals surface area contributed by atoms with Crippen LogP contribution < -0.4 is 5.32 Å². The van der Waals surface area contributed by atoms with Crippen molar-refractivity contribution in [3.8, 4) is 11.1 Å². The largest absolute Gasteiger partial charge is 0.459 e. The lowest BCUT2D eigenvalue weighted by Gasteiger charge is -2.08. The minimum atomic E-state index is -0.575. The SMILES string of the molecule is CC(C)OC(=O)c1ccc(CCNC(=O)c2cc(F)cc(-c3cccc(F)c3)c2)s1. The molecule has 0 unspecified atom stereocenters. The van der Waals surface area contributed by atoms with Crippen LogP contribution in [0.3, 0.4) is 0 Å². The molecule has 4 nitrogen and oxygen atoms in total. The first-order valence-electron chi connectivity index (χ1n) is 9.46. The van der Waals surface area contributed by atoms with E-state index in [-0.39, 0.29) is 17.6 Å². The first kappa shape index (κ1) is 21.6. The molecule has 0 spiro atoms. The van der Waals surface area contributed by atoms with E-state index in [0.29, 0.717) is 29.0 Å². The number of amides is 1. The molecule has 3 aromatic rings. The molecule has 7 heteroatoms. The minimum absolute atomic E-state index is 0.154. The van der Waals surface area contributed by atoms with Crippen LogP contribution in [0.15, 0.2) is 54.6 Å². The van der Waals surface area contributed by atoms with E-state index in [2.05, 4.69) is 5.32 Å². The molecule has 2 aromatic carbocycles. The van der Waals surface area contributed by atoms with Gasteiger partial charge in [-0.3, -0.25) is 4.79 Å². The van der Waals surface area contributed by atoms with Crippen molar-refractivity contribution in [1.29, 1.82) is 0 Å². The van der Waals surface area contributed by atoms with E-state index in [9.17, 15) is 18.4 Å². The summed E-state index contributed by atoms with van der Waals surface area (Å²) in [5, 5.41) is 2.75. The van der Waals surface area contributed by atoms with Crippen LogP contribution in [0, 0.1) is 11.6 Å². The Morgan fingerprint density at radius 3 is 2.50 bits per heavy atom. The number of ether oxygens (including phenoxy) is 1. The predicted octanol–water partition coefficient (Wildman–Crippen LogP) is 5.23. The van der Waals surface area contributed by atoms with Crippen molar-refractivity contribution in [3.63, 3.8) is 0 Å². The number of carbonyl (C=O) groups is 2. The zero-order chi connectivity index (χ0) is 21.7. The maximum atomic E-state index is 14.0. The molecular formula is C23H21F2NO3S. The average Bonchev–Trinajstić information content (AvgIpc) is 3.16. The maximum absolute atomic E-state index is 14.0. The minimum Gasteiger partial charge on any atom is -0.459 e. The Kier molecular flexibility index (Phi) is 6.95. The van der Waals surface area contributed by atoms with Crippen LogP contribution in [0.1, 0.15) is 38.8 Å². The van der Waals surface area contributed by atoms with Crippen LogP contribution >= 0.6 is 11.3 Å². The van der Waals surface area contributed by atoms with Crippen LogP contribution in [0.4, 0.5) is 8.78 Å². The average molecular weight is 429 g/mol. The summed E-state index contributed by atoms with van der Waals surface area (Å²) in [6.07, 6.45) is 0.336. The van der Waals surface area contributed by atoms with Crippen molar-refractivity contribution < 1.29 is 23.1 Å². The lowest BCUT2D eigenvalue weighted by molar-refractivity contribution is 0.0383. The van der Waals surface area contributed by atoms with Crippen LogP contribution in [0.5, 0.6) is 0 Å². The third-order valence-corrected chi connectivity index (χ3v) is 5.31. The van der Waals surface area contributed by atoms with Gasteiger partial charge in [-0.1, -0.05) is 12.1 Å². The highest BCUT2D eigenvalue weighted by Crippen LogP contribution is 2.23. The molecule has 0 fully saturated rings. The van der Waals surface area contributed by atoms with E-state index in [4.69, 9.17) is 4.74 Å². The summed E-state index contributed by atoms with van der Waals surface area (Å²) in [6.45, 7) is 3.89. The van der Waals surface area contributed by atoms with Gasteiger partial charge in [-0.15, -0.1) is 11.3 Å². The van der Waals surface area contributed by atoms with Crippen molar-refractivity contribution >= 4 is 23.2 Å². The number of rotatable bonds is 7. The predicted molar refractivity (Wildman–Crippen MR) is 113 cm³/mol. The lowest BCUT2D eigenvalue weighted by Crippen LogP contribution is -2.25. The van der Waals surface area contributed by atoms with Crippen LogP contribution in [0.25, 0.3) is 11.1 Å². The van der Waals surface area contributed by atoms with Crippen molar-refractivity contribution in [2.75, 3.05) is 6.54 Å². The number of esters is 1. The third kappa shape index (κ3) is 5.73. The second kappa shape index (κ2) is 9.63. The van der Waals surface area contributed by atoms with E-state index in [1.807, 2.05) is 6.07 Å². The Morgan fingerprint density at radius 2 is 1.77 bits per heavy atom. The molecular weight excluding hydrogens is 408 g/mol. The van der Waals surface area contributed by atoms with Crippen molar-refractivity contribution in [1.82, 2.24) is 5.32 Å². The lowest BCUT2D eigenvalue weighted by atomic mass is 10.0. The summed E-state index contributed by atoms with van der Waals surface area (Å²) < 4.78 is 32.6. The van der Waals surface area contributed by atoms with E-state index in [1.165, 1.54) is 41.7 Å². The Bertz CT molecular complexity index is 1060. The van der Waals surface area contributed by atoms with E-state index >= 15 is 0 Å². The number of hydrogen-bond acceptors (Lipinski definition) is 4. The zero-order valence-corrected chi connectivity index (χ0v) is 17.4. The number of hydrogen-bond donors (Lipinski definition) is 1. The van der Waals surface area contributed by atoms with E-state index in [1.54, 1.807) is 26.0 Å². The van der Waals surface area contributed by atoms with Crippen LogP contribution in [0.2, 0.25) is 0 Å². The standard InChI is InChI=1S/C23H21F2NO3S/c1-14(2)29-23(28)21-7-6-20(30-21)8-9-26-22(27)17-10-16(12-19(25)13-17)15-4-3-5-18(24)11-15/h3-7,10-14H,8-9H2,1-2H3,(H,26,27). The third-order valence-electron chi connectivity index (χ3n) is 4.18. The van der Waals surface area contributed by atoms with E-state index in [0.717, 1.165) is 10.9 Å².